The van der Waals surface area contributed by atoms with E-state index in [1.165, 1.54) is 43.3 Å². The van der Waals surface area contributed by atoms with E-state index in [-0.39, 0.29) is 29.1 Å². The molecular formula is C23H19F3O8. The molecule has 0 saturated carbocycles. The normalized spacial score (nSPS) is 12.2. The second kappa shape index (κ2) is 9.86. The number of hydrogen-bond acceptors (Lipinski definition) is 8. The molecule has 1 heterocycles. The van der Waals surface area contributed by atoms with Crippen LogP contribution in [0.25, 0.3) is 11.0 Å². The van der Waals surface area contributed by atoms with Crippen LogP contribution in [0.2, 0.25) is 0 Å². The van der Waals surface area contributed by atoms with Crippen molar-refractivity contribution in [2.24, 2.45) is 0 Å². The molecule has 0 N–H and O–H groups in total. The molecule has 0 spiro atoms. The van der Waals surface area contributed by atoms with Gasteiger partial charge in [-0.15, -0.1) is 0 Å². The van der Waals surface area contributed by atoms with Crippen LogP contribution in [-0.2, 0) is 20.4 Å². The Morgan fingerprint density at radius 3 is 2.29 bits per heavy atom. The van der Waals surface area contributed by atoms with Gasteiger partial charge in [-0.25, -0.2) is 9.59 Å². The van der Waals surface area contributed by atoms with Crippen LogP contribution in [0.5, 0.6) is 17.2 Å². The number of methoxy groups -OCH3 is 1. The zero-order chi connectivity index (χ0) is 25.0. The minimum absolute atomic E-state index is 0.00935. The fourth-order valence-electron chi connectivity index (χ4n) is 2.92. The van der Waals surface area contributed by atoms with Crippen LogP contribution < -0.4 is 14.9 Å². The van der Waals surface area contributed by atoms with E-state index in [2.05, 4.69) is 4.74 Å². The molecule has 0 saturated heterocycles. The second-order valence-corrected chi connectivity index (χ2v) is 6.88. The van der Waals surface area contributed by atoms with E-state index in [9.17, 15) is 27.6 Å². The molecular weight excluding hydrogens is 461 g/mol. The summed E-state index contributed by atoms with van der Waals surface area (Å²) in [6, 6.07) is 8.57. The molecule has 0 aliphatic carbocycles. The third-order valence-corrected chi connectivity index (χ3v) is 4.51. The summed E-state index contributed by atoms with van der Waals surface area (Å²) in [5.41, 5.74) is -1.34. The molecule has 3 aromatic rings. The van der Waals surface area contributed by atoms with Crippen molar-refractivity contribution in [2.75, 3.05) is 13.7 Å². The summed E-state index contributed by atoms with van der Waals surface area (Å²) < 4.78 is 66.1. The van der Waals surface area contributed by atoms with Gasteiger partial charge in [0.25, 0.3) is 5.76 Å². The van der Waals surface area contributed by atoms with E-state index in [1.807, 2.05) is 0 Å². The summed E-state index contributed by atoms with van der Waals surface area (Å²) in [5, 5.41) is -0.204. The number of ether oxygens (including phenoxy) is 4. The summed E-state index contributed by atoms with van der Waals surface area (Å²) in [7, 11) is 1.16. The van der Waals surface area contributed by atoms with Crippen LogP contribution in [0.15, 0.2) is 51.7 Å². The SMILES string of the molecule is CCOC(=O)c1ccc(Oc2c(C(F)(F)F)oc3cc(OC(C)C(=O)OC)ccc3c2=O)cc1. The fraction of sp³-hybridized carbons (Fsp3) is 0.261. The number of rotatable bonds is 7. The average Bonchev–Trinajstić information content (AvgIpc) is 2.80. The summed E-state index contributed by atoms with van der Waals surface area (Å²) in [4.78, 5) is 36.1. The van der Waals surface area contributed by atoms with Crippen LogP contribution in [0.3, 0.4) is 0 Å². The van der Waals surface area contributed by atoms with Crippen molar-refractivity contribution in [3.63, 3.8) is 0 Å². The number of halogens is 3. The first kappa shape index (κ1) is 24.6. The average molecular weight is 480 g/mol. The fourth-order valence-corrected chi connectivity index (χ4v) is 2.92. The Labute approximate surface area is 190 Å². The van der Waals surface area contributed by atoms with Crippen molar-refractivity contribution in [3.05, 3.63) is 64.0 Å². The summed E-state index contributed by atoms with van der Waals surface area (Å²) in [6.07, 6.45) is -6.11. The van der Waals surface area contributed by atoms with Gasteiger partial charge in [-0.2, -0.15) is 13.2 Å². The first-order chi connectivity index (χ1) is 16.0. The second-order valence-electron chi connectivity index (χ2n) is 6.88. The zero-order valence-electron chi connectivity index (χ0n) is 18.2. The van der Waals surface area contributed by atoms with Crippen molar-refractivity contribution in [1.29, 1.82) is 0 Å². The zero-order valence-corrected chi connectivity index (χ0v) is 18.2. The maximum atomic E-state index is 13.7. The number of carbonyl (C=O) groups excluding carboxylic acids is 2. The highest BCUT2D eigenvalue weighted by molar-refractivity contribution is 5.89. The number of benzene rings is 2. The number of alkyl halides is 3. The largest absolute Gasteiger partial charge is 0.479 e. The predicted molar refractivity (Wildman–Crippen MR) is 112 cm³/mol. The maximum absolute atomic E-state index is 13.7. The summed E-state index contributed by atoms with van der Waals surface area (Å²) >= 11 is 0. The molecule has 0 aliphatic rings. The summed E-state index contributed by atoms with van der Waals surface area (Å²) in [5.74, 6) is -4.18. The minimum Gasteiger partial charge on any atom is -0.479 e. The van der Waals surface area contributed by atoms with Crippen LogP contribution in [-0.4, -0.2) is 31.8 Å². The van der Waals surface area contributed by atoms with Gasteiger partial charge in [-0.3, -0.25) is 4.79 Å². The van der Waals surface area contributed by atoms with Gasteiger partial charge in [0.05, 0.1) is 24.7 Å². The van der Waals surface area contributed by atoms with Gasteiger partial charge in [-0.1, -0.05) is 0 Å². The van der Waals surface area contributed by atoms with Crippen molar-refractivity contribution in [3.8, 4) is 17.2 Å². The quantitative estimate of drug-likeness (QED) is 0.448. The Kier molecular flexibility index (Phi) is 7.14. The molecule has 180 valence electrons. The molecule has 0 fully saturated rings. The van der Waals surface area contributed by atoms with E-state index in [0.29, 0.717) is 0 Å². The molecule has 0 bridgehead atoms. The van der Waals surface area contributed by atoms with E-state index in [1.54, 1.807) is 6.92 Å². The highest BCUT2D eigenvalue weighted by Gasteiger charge is 2.40. The number of hydrogen-bond donors (Lipinski definition) is 0. The Bertz CT molecular complexity index is 1260. The van der Waals surface area contributed by atoms with Gasteiger partial charge < -0.3 is 23.4 Å². The van der Waals surface area contributed by atoms with E-state index >= 15 is 0 Å². The van der Waals surface area contributed by atoms with Crippen LogP contribution in [0.1, 0.15) is 30.0 Å². The predicted octanol–water partition coefficient (Wildman–Crippen LogP) is 4.72. The molecule has 3 rings (SSSR count). The molecule has 8 nitrogen and oxygen atoms in total. The maximum Gasteiger partial charge on any atom is 0.453 e. The molecule has 1 atom stereocenters. The van der Waals surface area contributed by atoms with Gasteiger partial charge in [0.1, 0.15) is 17.1 Å². The Balaban J connectivity index is 2.02. The summed E-state index contributed by atoms with van der Waals surface area (Å²) in [6.45, 7) is 3.16. The lowest BCUT2D eigenvalue weighted by molar-refractivity contribution is -0.154. The molecule has 0 amide bonds. The van der Waals surface area contributed by atoms with Crippen molar-refractivity contribution in [1.82, 2.24) is 0 Å². The van der Waals surface area contributed by atoms with Gasteiger partial charge in [0.2, 0.25) is 11.2 Å². The lowest BCUT2D eigenvalue weighted by Crippen LogP contribution is -2.24. The molecule has 34 heavy (non-hydrogen) atoms. The van der Waals surface area contributed by atoms with E-state index < -0.39 is 46.7 Å². The molecule has 1 unspecified atom stereocenters. The third-order valence-electron chi connectivity index (χ3n) is 4.51. The molecule has 0 radical (unpaired) electrons. The molecule has 0 aliphatic heterocycles. The van der Waals surface area contributed by atoms with Gasteiger partial charge in [0.15, 0.2) is 6.10 Å². The lowest BCUT2D eigenvalue weighted by atomic mass is 10.2. The lowest BCUT2D eigenvalue weighted by Gasteiger charge is -2.15. The van der Waals surface area contributed by atoms with E-state index in [0.717, 1.165) is 13.2 Å². The van der Waals surface area contributed by atoms with Crippen molar-refractivity contribution < 1.29 is 46.1 Å². The first-order valence-electron chi connectivity index (χ1n) is 9.92. The number of fused-ring (bicyclic) bond motifs is 1. The highest BCUT2D eigenvalue weighted by atomic mass is 19.4. The number of carbonyl (C=O) groups is 2. The smallest absolute Gasteiger partial charge is 0.453 e. The molecule has 2 aromatic carbocycles. The van der Waals surface area contributed by atoms with Crippen LogP contribution in [0, 0.1) is 0 Å². The standard InChI is InChI=1S/C23H19F3O8/c1-4-31-22(29)13-5-7-14(8-6-13)33-19-18(27)16-10-9-15(32-12(2)21(28)30-3)11-17(16)34-20(19)23(24,25)26/h5-12H,4H2,1-3H3. The Morgan fingerprint density at radius 1 is 1.06 bits per heavy atom. The van der Waals surface area contributed by atoms with E-state index in [4.69, 9.17) is 18.6 Å². The highest BCUT2D eigenvalue weighted by Crippen LogP contribution is 2.38. The topological polar surface area (TPSA) is 101 Å². The van der Waals surface area contributed by atoms with Gasteiger partial charge in [0, 0.05) is 6.07 Å². The number of esters is 2. The van der Waals surface area contributed by atoms with Crippen molar-refractivity contribution >= 4 is 22.9 Å². The molecule has 1 aromatic heterocycles. The van der Waals surface area contributed by atoms with Crippen molar-refractivity contribution in [2.45, 2.75) is 26.1 Å². The van der Waals surface area contributed by atoms with Crippen LogP contribution in [0.4, 0.5) is 13.2 Å². The monoisotopic (exact) mass is 480 g/mol. The first-order valence-corrected chi connectivity index (χ1v) is 9.92. The Morgan fingerprint density at radius 2 is 1.71 bits per heavy atom. The minimum atomic E-state index is -5.07. The molecule has 11 heteroatoms. The van der Waals surface area contributed by atoms with Gasteiger partial charge in [-0.05, 0) is 50.2 Å². The third kappa shape index (κ3) is 5.30. The Hall–Kier alpha value is -4.02. The van der Waals surface area contributed by atoms with Crippen LogP contribution >= 0.6 is 0 Å². The van der Waals surface area contributed by atoms with Gasteiger partial charge >= 0.3 is 18.1 Å².